The van der Waals surface area contributed by atoms with Gasteiger partial charge in [-0.05, 0) is 60.4 Å². The van der Waals surface area contributed by atoms with Crippen LogP contribution in [-0.2, 0) is 16.6 Å². The van der Waals surface area contributed by atoms with Gasteiger partial charge < -0.3 is 5.32 Å². The Morgan fingerprint density at radius 1 is 1.33 bits per heavy atom. The molecule has 0 aromatic heterocycles. The zero-order chi connectivity index (χ0) is 15.5. The number of hydrogen-bond donors (Lipinski definition) is 1. The van der Waals surface area contributed by atoms with Crippen molar-refractivity contribution in [2.45, 2.75) is 50.1 Å². The molecule has 1 aromatic carbocycles. The fraction of sp³-hybridized carbons (Fsp3) is 0.600. The highest BCUT2D eigenvalue weighted by Crippen LogP contribution is 2.30. The summed E-state index contributed by atoms with van der Waals surface area (Å²) in [5, 5.41) is 3.07. The van der Waals surface area contributed by atoms with Gasteiger partial charge in [0.05, 0.1) is 4.90 Å². The quantitative estimate of drug-likeness (QED) is 0.880. The third-order valence-electron chi connectivity index (χ3n) is 3.96. The maximum Gasteiger partial charge on any atom is 0.244 e. The Bertz CT molecular complexity index is 589. The first-order chi connectivity index (χ1) is 9.96. The number of halogens is 1. The average Bonchev–Trinajstić information content (AvgIpc) is 2.64. The largest absolute Gasteiger partial charge is 0.316 e. The predicted octanol–water partition coefficient (Wildman–Crippen LogP) is 3.12. The van der Waals surface area contributed by atoms with E-state index in [-0.39, 0.29) is 6.04 Å². The fourth-order valence-electron chi connectivity index (χ4n) is 2.80. The maximum atomic E-state index is 12.9. The van der Waals surface area contributed by atoms with Crippen LogP contribution in [0.5, 0.6) is 0 Å². The van der Waals surface area contributed by atoms with E-state index in [1.807, 2.05) is 26.1 Å². The van der Waals surface area contributed by atoms with Gasteiger partial charge in [-0.3, -0.25) is 0 Å². The molecule has 0 radical (unpaired) electrons. The van der Waals surface area contributed by atoms with Crippen molar-refractivity contribution in [2.75, 3.05) is 13.6 Å². The molecule has 6 heteroatoms. The third-order valence-corrected chi connectivity index (χ3v) is 6.95. The van der Waals surface area contributed by atoms with Gasteiger partial charge in [0.1, 0.15) is 0 Å². The zero-order valence-corrected chi connectivity index (χ0v) is 15.0. The van der Waals surface area contributed by atoms with Crippen molar-refractivity contribution < 1.29 is 8.42 Å². The van der Waals surface area contributed by atoms with Crippen LogP contribution in [0.2, 0.25) is 0 Å². The van der Waals surface area contributed by atoms with Crippen molar-refractivity contribution in [3.05, 3.63) is 28.2 Å². The zero-order valence-electron chi connectivity index (χ0n) is 12.6. The topological polar surface area (TPSA) is 49.4 Å². The highest BCUT2D eigenvalue weighted by molar-refractivity contribution is 9.10. The standard InChI is InChI=1S/C15H23BrN2O2S/c1-12-6-4-3-5-9-18(12)21(19,20)15-8-7-13(11-17-2)10-14(15)16/h7-8,10,12,17H,3-6,9,11H2,1-2H3. The second-order valence-electron chi connectivity index (χ2n) is 5.61. The van der Waals surface area contributed by atoms with Crippen LogP contribution in [0.4, 0.5) is 0 Å². The highest BCUT2D eigenvalue weighted by atomic mass is 79.9. The minimum absolute atomic E-state index is 0.0707. The van der Waals surface area contributed by atoms with E-state index in [1.165, 1.54) is 0 Å². The van der Waals surface area contributed by atoms with E-state index in [2.05, 4.69) is 21.2 Å². The van der Waals surface area contributed by atoms with Crippen molar-refractivity contribution in [3.63, 3.8) is 0 Å². The van der Waals surface area contributed by atoms with Gasteiger partial charge in [0.15, 0.2) is 0 Å². The summed E-state index contributed by atoms with van der Waals surface area (Å²) < 4.78 is 28.2. The summed E-state index contributed by atoms with van der Waals surface area (Å²) in [6, 6.07) is 5.54. The number of sulfonamides is 1. The van der Waals surface area contributed by atoms with Crippen LogP contribution in [0.25, 0.3) is 0 Å². The van der Waals surface area contributed by atoms with E-state index in [0.717, 1.165) is 37.8 Å². The minimum Gasteiger partial charge on any atom is -0.316 e. The number of nitrogens with one attached hydrogen (secondary N) is 1. The molecule has 0 spiro atoms. The van der Waals surface area contributed by atoms with Crippen LogP contribution < -0.4 is 5.32 Å². The first-order valence-corrected chi connectivity index (χ1v) is 9.65. The first kappa shape index (κ1) is 16.9. The van der Waals surface area contributed by atoms with Crippen molar-refractivity contribution >= 4 is 26.0 Å². The molecule has 1 aliphatic heterocycles. The molecule has 21 heavy (non-hydrogen) atoms. The predicted molar refractivity (Wildman–Crippen MR) is 88.7 cm³/mol. The lowest BCUT2D eigenvalue weighted by molar-refractivity contribution is 0.342. The Balaban J connectivity index is 2.34. The van der Waals surface area contributed by atoms with Gasteiger partial charge in [0, 0.05) is 23.6 Å². The van der Waals surface area contributed by atoms with Gasteiger partial charge in [-0.25, -0.2) is 8.42 Å². The van der Waals surface area contributed by atoms with E-state index in [4.69, 9.17) is 0 Å². The van der Waals surface area contributed by atoms with Crippen molar-refractivity contribution in [1.82, 2.24) is 9.62 Å². The minimum atomic E-state index is -3.43. The number of rotatable bonds is 4. The van der Waals surface area contributed by atoms with E-state index < -0.39 is 10.0 Å². The summed E-state index contributed by atoms with van der Waals surface area (Å²) in [6.07, 6.45) is 4.10. The molecular formula is C15H23BrN2O2S. The Labute approximate surface area is 136 Å². The van der Waals surface area contributed by atoms with Gasteiger partial charge in [-0.1, -0.05) is 18.9 Å². The molecule has 4 nitrogen and oxygen atoms in total. The molecule has 2 rings (SSSR count). The molecule has 0 bridgehead atoms. The second-order valence-corrected chi connectivity index (χ2v) is 8.32. The average molecular weight is 375 g/mol. The van der Waals surface area contributed by atoms with Gasteiger partial charge in [0.25, 0.3) is 0 Å². The lowest BCUT2D eigenvalue weighted by Gasteiger charge is -2.26. The molecule has 1 N–H and O–H groups in total. The summed E-state index contributed by atoms with van der Waals surface area (Å²) in [5.41, 5.74) is 1.06. The summed E-state index contributed by atoms with van der Waals surface area (Å²) in [6.45, 7) is 3.35. The van der Waals surface area contributed by atoms with Crippen molar-refractivity contribution in [2.24, 2.45) is 0 Å². The SMILES string of the molecule is CNCc1ccc(S(=O)(=O)N2CCCCCC2C)c(Br)c1. The molecule has 1 aliphatic rings. The molecule has 1 unspecified atom stereocenters. The van der Waals surface area contributed by atoms with Crippen LogP contribution in [0.3, 0.4) is 0 Å². The summed E-state index contributed by atoms with van der Waals surface area (Å²) in [5.74, 6) is 0. The number of hydrogen-bond acceptors (Lipinski definition) is 3. The second kappa shape index (κ2) is 7.22. The monoisotopic (exact) mass is 374 g/mol. The Hall–Kier alpha value is -0.430. The molecule has 1 fully saturated rings. The molecular weight excluding hydrogens is 352 g/mol. The van der Waals surface area contributed by atoms with Crippen LogP contribution >= 0.6 is 15.9 Å². The van der Waals surface area contributed by atoms with Crippen molar-refractivity contribution in [3.8, 4) is 0 Å². The Morgan fingerprint density at radius 2 is 2.10 bits per heavy atom. The molecule has 1 saturated heterocycles. The van der Waals surface area contributed by atoms with Gasteiger partial charge in [-0.15, -0.1) is 0 Å². The lowest BCUT2D eigenvalue weighted by atomic mass is 10.1. The summed E-state index contributed by atoms with van der Waals surface area (Å²) >= 11 is 3.43. The maximum absolute atomic E-state index is 12.9. The molecule has 1 atom stereocenters. The van der Waals surface area contributed by atoms with E-state index in [1.54, 1.807) is 10.4 Å². The molecule has 1 heterocycles. The third kappa shape index (κ3) is 3.86. The highest BCUT2D eigenvalue weighted by Gasteiger charge is 2.31. The summed E-state index contributed by atoms with van der Waals surface area (Å²) in [4.78, 5) is 0.371. The molecule has 0 amide bonds. The first-order valence-electron chi connectivity index (χ1n) is 7.41. The molecule has 1 aromatic rings. The van der Waals surface area contributed by atoms with Crippen molar-refractivity contribution in [1.29, 1.82) is 0 Å². The van der Waals surface area contributed by atoms with E-state index in [9.17, 15) is 8.42 Å². The fourth-order valence-corrected chi connectivity index (χ4v) is 5.59. The normalized spacial score (nSPS) is 21.2. The molecule has 0 saturated carbocycles. The molecule has 118 valence electrons. The van der Waals surface area contributed by atoms with Gasteiger partial charge in [-0.2, -0.15) is 4.31 Å². The molecule has 0 aliphatic carbocycles. The van der Waals surface area contributed by atoms with E-state index in [0.29, 0.717) is 15.9 Å². The van der Waals surface area contributed by atoms with Gasteiger partial charge >= 0.3 is 0 Å². The van der Waals surface area contributed by atoms with Crippen LogP contribution in [0.15, 0.2) is 27.6 Å². The van der Waals surface area contributed by atoms with Crippen LogP contribution in [0.1, 0.15) is 38.2 Å². The Kier molecular flexibility index (Phi) is 5.82. The number of benzene rings is 1. The Morgan fingerprint density at radius 3 is 2.76 bits per heavy atom. The lowest BCUT2D eigenvalue weighted by Crippen LogP contribution is -2.38. The summed E-state index contributed by atoms with van der Waals surface area (Å²) in [7, 11) is -1.56. The van der Waals surface area contributed by atoms with Crippen LogP contribution in [-0.4, -0.2) is 32.4 Å². The smallest absolute Gasteiger partial charge is 0.244 e. The number of nitrogens with zero attached hydrogens (tertiary/aromatic N) is 1. The van der Waals surface area contributed by atoms with E-state index >= 15 is 0 Å². The van der Waals surface area contributed by atoms with Gasteiger partial charge in [0.2, 0.25) is 10.0 Å². The van der Waals surface area contributed by atoms with Crippen LogP contribution in [0, 0.1) is 0 Å².